The molecule has 0 saturated carbocycles. The summed E-state index contributed by atoms with van der Waals surface area (Å²) in [6.07, 6.45) is 1.77. The molecule has 1 amide bonds. The highest BCUT2D eigenvalue weighted by Crippen LogP contribution is 2.16. The Kier molecular flexibility index (Phi) is 7.30. The summed E-state index contributed by atoms with van der Waals surface area (Å²) >= 11 is 7.51. The van der Waals surface area contributed by atoms with E-state index in [0.717, 1.165) is 34.7 Å². The van der Waals surface area contributed by atoms with E-state index in [-0.39, 0.29) is 11.7 Å². The summed E-state index contributed by atoms with van der Waals surface area (Å²) in [6, 6.07) is 14.9. The molecule has 0 aromatic heterocycles. The summed E-state index contributed by atoms with van der Waals surface area (Å²) in [5.74, 6) is 1.56. The van der Waals surface area contributed by atoms with E-state index in [2.05, 4.69) is 5.32 Å². The molecule has 0 saturated heterocycles. The third kappa shape index (κ3) is 6.97. The summed E-state index contributed by atoms with van der Waals surface area (Å²) in [7, 11) is 0. The number of carbonyl (C=O) groups is 1. The average molecular weight is 350 g/mol. The van der Waals surface area contributed by atoms with Gasteiger partial charge >= 0.3 is 0 Å². The Labute approximate surface area is 146 Å². The van der Waals surface area contributed by atoms with Gasteiger partial charge in [0.1, 0.15) is 5.75 Å². The largest absolute Gasteiger partial charge is 0.508 e. The lowest BCUT2D eigenvalue weighted by Crippen LogP contribution is -2.26. The van der Waals surface area contributed by atoms with Gasteiger partial charge in [0.25, 0.3) is 0 Å². The zero-order valence-corrected chi connectivity index (χ0v) is 14.4. The monoisotopic (exact) mass is 349 g/mol. The van der Waals surface area contributed by atoms with E-state index >= 15 is 0 Å². The first kappa shape index (κ1) is 17.7. The van der Waals surface area contributed by atoms with Gasteiger partial charge in [0.2, 0.25) is 5.91 Å². The number of rotatable bonds is 8. The van der Waals surface area contributed by atoms with Crippen LogP contribution in [0.25, 0.3) is 0 Å². The molecular weight excluding hydrogens is 330 g/mol. The lowest BCUT2D eigenvalue weighted by molar-refractivity contribution is -0.118. The fourth-order valence-corrected chi connectivity index (χ4v) is 3.14. The minimum absolute atomic E-state index is 0.0581. The average Bonchev–Trinajstić information content (AvgIpc) is 2.53. The Morgan fingerprint density at radius 1 is 1.13 bits per heavy atom. The van der Waals surface area contributed by atoms with Crippen molar-refractivity contribution in [3.05, 3.63) is 64.7 Å². The number of amides is 1. The molecule has 2 aromatic rings. The summed E-state index contributed by atoms with van der Waals surface area (Å²) in [5, 5.41) is 12.9. The highest BCUT2D eigenvalue weighted by molar-refractivity contribution is 7.99. The first-order chi connectivity index (χ1) is 11.1. The Bertz CT molecular complexity index is 631. The van der Waals surface area contributed by atoms with Gasteiger partial charge in [-0.15, -0.1) is 11.8 Å². The van der Waals surface area contributed by atoms with Crippen LogP contribution in [0.2, 0.25) is 5.02 Å². The van der Waals surface area contributed by atoms with Crippen molar-refractivity contribution in [2.24, 2.45) is 0 Å². The zero-order chi connectivity index (χ0) is 16.5. The molecule has 0 heterocycles. The maximum atomic E-state index is 11.8. The second kappa shape index (κ2) is 9.48. The third-order valence-corrected chi connectivity index (χ3v) is 4.53. The molecule has 2 N–H and O–H groups in total. The molecule has 0 bridgehead atoms. The maximum absolute atomic E-state index is 11.8. The van der Waals surface area contributed by atoms with E-state index in [1.807, 2.05) is 36.4 Å². The number of phenols is 1. The Morgan fingerprint density at radius 3 is 2.65 bits per heavy atom. The topological polar surface area (TPSA) is 49.3 Å². The van der Waals surface area contributed by atoms with Crippen molar-refractivity contribution >= 4 is 29.3 Å². The van der Waals surface area contributed by atoms with Crippen LogP contribution in [0.3, 0.4) is 0 Å². The van der Waals surface area contributed by atoms with Crippen LogP contribution in [0.1, 0.15) is 17.5 Å². The van der Waals surface area contributed by atoms with Crippen LogP contribution >= 0.6 is 23.4 Å². The summed E-state index contributed by atoms with van der Waals surface area (Å²) < 4.78 is 0. The molecule has 0 fully saturated rings. The van der Waals surface area contributed by atoms with Crippen LogP contribution in [0.5, 0.6) is 5.75 Å². The smallest absolute Gasteiger partial charge is 0.230 e. The Hall–Kier alpha value is -1.65. The second-order valence-corrected chi connectivity index (χ2v) is 6.66. The number of carbonyl (C=O) groups excluding carboxylic acids is 1. The summed E-state index contributed by atoms with van der Waals surface area (Å²) in [6.45, 7) is 0.664. The number of halogens is 1. The van der Waals surface area contributed by atoms with Crippen LogP contribution < -0.4 is 5.32 Å². The van der Waals surface area contributed by atoms with Gasteiger partial charge in [-0.25, -0.2) is 0 Å². The van der Waals surface area contributed by atoms with E-state index < -0.39 is 0 Å². The predicted molar refractivity (Wildman–Crippen MR) is 97.1 cm³/mol. The molecule has 23 heavy (non-hydrogen) atoms. The van der Waals surface area contributed by atoms with Gasteiger partial charge in [-0.05, 0) is 48.2 Å². The minimum atomic E-state index is 0.0581. The van der Waals surface area contributed by atoms with Gasteiger partial charge in [-0.1, -0.05) is 35.9 Å². The molecule has 3 nitrogen and oxygen atoms in total. The summed E-state index contributed by atoms with van der Waals surface area (Å²) in [4.78, 5) is 11.8. The second-order valence-electron chi connectivity index (χ2n) is 5.24. The van der Waals surface area contributed by atoms with Gasteiger partial charge in [0, 0.05) is 17.3 Å². The van der Waals surface area contributed by atoms with Crippen LogP contribution in [0, 0.1) is 0 Å². The number of hydrogen-bond donors (Lipinski definition) is 2. The molecule has 0 spiro atoms. The van der Waals surface area contributed by atoms with Gasteiger partial charge in [0.05, 0.1) is 5.75 Å². The van der Waals surface area contributed by atoms with E-state index in [1.165, 1.54) is 0 Å². The molecule has 0 atom stereocenters. The number of hydrogen-bond acceptors (Lipinski definition) is 3. The van der Waals surface area contributed by atoms with E-state index in [1.54, 1.807) is 23.9 Å². The van der Waals surface area contributed by atoms with E-state index in [0.29, 0.717) is 12.3 Å². The van der Waals surface area contributed by atoms with Crippen molar-refractivity contribution in [2.45, 2.75) is 18.6 Å². The number of benzene rings is 2. The highest BCUT2D eigenvalue weighted by atomic mass is 35.5. The highest BCUT2D eigenvalue weighted by Gasteiger charge is 2.02. The van der Waals surface area contributed by atoms with Crippen molar-refractivity contribution < 1.29 is 9.90 Å². The first-order valence-electron chi connectivity index (χ1n) is 7.50. The Morgan fingerprint density at radius 2 is 1.91 bits per heavy atom. The van der Waals surface area contributed by atoms with Gasteiger partial charge in [-0.2, -0.15) is 0 Å². The van der Waals surface area contributed by atoms with Crippen LogP contribution in [0.4, 0.5) is 0 Å². The van der Waals surface area contributed by atoms with Gasteiger partial charge in [0.15, 0.2) is 0 Å². The van der Waals surface area contributed by atoms with Crippen LogP contribution in [-0.4, -0.2) is 23.3 Å². The standard InChI is InChI=1S/C18H20ClNO2S/c19-16-5-1-3-15(11-16)12-23-13-18(22)20-10-2-4-14-6-8-17(21)9-7-14/h1,3,5-9,11,21H,2,4,10,12-13H2,(H,20,22). The number of nitrogens with one attached hydrogen (secondary N) is 1. The van der Waals surface area contributed by atoms with E-state index in [4.69, 9.17) is 11.6 Å². The fourth-order valence-electron chi connectivity index (χ4n) is 2.12. The van der Waals surface area contributed by atoms with Crippen molar-refractivity contribution in [1.82, 2.24) is 5.32 Å². The first-order valence-corrected chi connectivity index (χ1v) is 9.03. The van der Waals surface area contributed by atoms with Crippen LogP contribution in [0.15, 0.2) is 48.5 Å². The molecule has 0 aliphatic rings. The maximum Gasteiger partial charge on any atom is 0.230 e. The fraction of sp³-hybridized carbons (Fsp3) is 0.278. The summed E-state index contributed by atoms with van der Waals surface area (Å²) in [5.41, 5.74) is 2.29. The quantitative estimate of drug-likeness (QED) is 0.707. The number of phenolic OH excluding ortho intramolecular Hbond substituents is 1. The molecule has 122 valence electrons. The number of aryl methyl sites for hydroxylation is 1. The van der Waals surface area contributed by atoms with Crippen LogP contribution in [-0.2, 0) is 17.0 Å². The van der Waals surface area contributed by atoms with Gasteiger partial charge in [-0.3, -0.25) is 4.79 Å². The number of aromatic hydroxyl groups is 1. The lowest BCUT2D eigenvalue weighted by Gasteiger charge is -2.06. The van der Waals surface area contributed by atoms with Gasteiger partial charge < -0.3 is 10.4 Å². The van der Waals surface area contributed by atoms with Crippen molar-refractivity contribution in [1.29, 1.82) is 0 Å². The van der Waals surface area contributed by atoms with E-state index in [9.17, 15) is 9.90 Å². The van der Waals surface area contributed by atoms with Crippen molar-refractivity contribution in [3.63, 3.8) is 0 Å². The molecule has 0 aliphatic heterocycles. The molecule has 0 unspecified atom stereocenters. The molecule has 2 rings (SSSR count). The lowest BCUT2D eigenvalue weighted by atomic mass is 10.1. The molecule has 0 aliphatic carbocycles. The molecule has 2 aromatic carbocycles. The SMILES string of the molecule is O=C(CSCc1cccc(Cl)c1)NCCCc1ccc(O)cc1. The van der Waals surface area contributed by atoms with Crippen molar-refractivity contribution in [3.8, 4) is 5.75 Å². The van der Waals surface area contributed by atoms with Crippen molar-refractivity contribution in [2.75, 3.05) is 12.3 Å². The number of thioether (sulfide) groups is 1. The Balaban J connectivity index is 1.57. The minimum Gasteiger partial charge on any atom is -0.508 e. The molecular formula is C18H20ClNO2S. The third-order valence-electron chi connectivity index (χ3n) is 3.29. The molecule has 5 heteroatoms. The predicted octanol–water partition coefficient (Wildman–Crippen LogP) is 4.03. The zero-order valence-electron chi connectivity index (χ0n) is 12.8. The molecule has 0 radical (unpaired) electrons. The normalized spacial score (nSPS) is 10.5.